The van der Waals surface area contributed by atoms with Crippen LogP contribution in [0.1, 0.15) is 87.1 Å². The highest BCUT2D eigenvalue weighted by Gasteiger charge is 2.50. The van der Waals surface area contributed by atoms with Crippen LogP contribution in [0, 0.1) is 23.0 Å². The first kappa shape index (κ1) is 51.1. The van der Waals surface area contributed by atoms with Gasteiger partial charge in [0.15, 0.2) is 11.4 Å². The van der Waals surface area contributed by atoms with E-state index in [1.54, 1.807) is 36.6 Å². The average Bonchev–Trinajstić information content (AvgIpc) is 4.30. The molecule has 4 saturated heterocycles. The lowest BCUT2D eigenvalue weighted by Crippen LogP contribution is -2.57. The highest BCUT2D eigenvalue weighted by Crippen LogP contribution is 2.48. The minimum Gasteiger partial charge on any atom is -0.486 e. The lowest BCUT2D eigenvalue weighted by atomic mass is 9.86. The van der Waals surface area contributed by atoms with Gasteiger partial charge in [-0.3, -0.25) is 14.5 Å². The van der Waals surface area contributed by atoms with Crippen LogP contribution in [-0.2, 0) is 39.5 Å². The Kier molecular flexibility index (Phi) is 12.1. The Labute approximate surface area is 459 Å². The molecule has 79 heavy (non-hydrogen) atoms. The standard InChI is InChI=1S/C58H53ClF3N9O7S/c1-5-33-35-16-32(10-13-43(35)65-48-38(33)24-70-44(48)18-40-39(54(70)73)25-76-55(74)58(40,75)6-2)78-28(4)27(3)53(72)71-30-8-9-31(71)23-68(22-30)52-36-17-41(59)46(34-11-12-42(61)50-45(34)37(20-63)51(64)79-50)47(62)49(36)66-56(67-52)77-26-57-14-7-15-69(57)21-29(60)19-57/h10-13,16-18,28-31,75H,3,5-9,14-15,19,21-26,64H2,1-2,4H3. The zero-order valence-electron chi connectivity index (χ0n) is 43.4. The Morgan fingerprint density at radius 1 is 1.08 bits per heavy atom. The summed E-state index contributed by atoms with van der Waals surface area (Å²) in [5, 5.41) is 22.7. The summed E-state index contributed by atoms with van der Waals surface area (Å²) in [5.74, 6) is -1.70. The number of nitrogens with zero attached hydrogens (tertiary/aromatic N) is 8. The number of cyclic esters (lactones) is 1. The summed E-state index contributed by atoms with van der Waals surface area (Å²) in [5.41, 5.74) is 7.58. The maximum absolute atomic E-state index is 17.6. The number of aliphatic hydroxyl groups is 1. The SMILES string of the molecule is C=C(C(=O)N1C2CCC1CN(c1nc(OCC34CCCN3CC(F)C4)nc3c(F)c(-c4ccc(F)c5sc(N)c(C#N)c45)c(Cl)cc13)C2)C(C)Oc1ccc2nc3c(c(CC)c2c1)Cn1c-3cc2c(c1=O)COC(=O)C2(O)CC. The fourth-order valence-corrected chi connectivity index (χ4v) is 14.8. The van der Waals surface area contributed by atoms with Crippen molar-refractivity contribution < 1.29 is 42.1 Å². The molecule has 0 radical (unpaired) electrons. The predicted octanol–water partition coefficient (Wildman–Crippen LogP) is 9.01. The van der Waals surface area contributed by atoms with Crippen molar-refractivity contribution >= 4 is 77.5 Å². The van der Waals surface area contributed by atoms with E-state index in [0.717, 1.165) is 47.2 Å². The Morgan fingerprint density at radius 3 is 2.61 bits per heavy atom. The number of fused-ring (bicyclic) bond motifs is 10. The third kappa shape index (κ3) is 7.73. The molecule has 21 heteroatoms. The quantitative estimate of drug-likeness (QED) is 0.0918. The van der Waals surface area contributed by atoms with Gasteiger partial charge in [0.25, 0.3) is 11.5 Å². The largest absolute Gasteiger partial charge is 0.486 e. The van der Waals surface area contributed by atoms with Crippen molar-refractivity contribution in [2.75, 3.05) is 43.4 Å². The number of anilines is 2. The van der Waals surface area contributed by atoms with E-state index >= 15 is 8.78 Å². The second-order valence-electron chi connectivity index (χ2n) is 21.7. The first-order chi connectivity index (χ1) is 37.9. The molecule has 6 aliphatic rings. The number of hydrogen-bond donors (Lipinski definition) is 2. The number of aryl methyl sites for hydroxylation is 1. The number of carbonyl (C=O) groups excluding carboxylic acids is 2. The summed E-state index contributed by atoms with van der Waals surface area (Å²) in [6.07, 6.45) is 2.10. The van der Waals surface area contributed by atoms with Gasteiger partial charge < -0.3 is 39.4 Å². The lowest BCUT2D eigenvalue weighted by molar-refractivity contribution is -0.172. The van der Waals surface area contributed by atoms with E-state index in [1.807, 2.05) is 34.9 Å². The molecule has 0 saturated carbocycles. The van der Waals surface area contributed by atoms with E-state index in [4.69, 9.17) is 41.5 Å². The molecule has 3 N–H and O–H groups in total. The molecule has 0 spiro atoms. The van der Waals surface area contributed by atoms with Gasteiger partial charge in [-0.15, -0.1) is 11.3 Å². The Balaban J connectivity index is 0.782. The number of piperazine rings is 1. The number of carbonyl (C=O) groups is 2. The van der Waals surface area contributed by atoms with Gasteiger partial charge in [0.2, 0.25) is 0 Å². The minimum absolute atomic E-state index is 0.00421. The van der Waals surface area contributed by atoms with Crippen molar-refractivity contribution in [3.05, 3.63) is 109 Å². The number of ether oxygens (including phenoxy) is 3. The number of benzene rings is 3. The van der Waals surface area contributed by atoms with Gasteiger partial charge in [-0.2, -0.15) is 15.2 Å². The summed E-state index contributed by atoms with van der Waals surface area (Å²) < 4.78 is 67.5. The molecular formula is C58H53ClF3N9O7S. The van der Waals surface area contributed by atoms with Crippen LogP contribution in [0.15, 0.2) is 59.4 Å². The number of esters is 1. The van der Waals surface area contributed by atoms with Crippen molar-refractivity contribution in [2.24, 2.45) is 0 Å². The fraction of sp³-hybridized carbons (Fsp3) is 0.397. The Hall–Kier alpha value is -7.31. The molecule has 3 aromatic carbocycles. The summed E-state index contributed by atoms with van der Waals surface area (Å²) in [4.78, 5) is 61.8. The predicted molar refractivity (Wildman–Crippen MR) is 292 cm³/mol. The lowest BCUT2D eigenvalue weighted by Gasteiger charge is -2.42. The number of nitriles is 1. The molecule has 7 aromatic rings. The number of thiophene rings is 1. The van der Waals surface area contributed by atoms with Crippen LogP contribution in [0.5, 0.6) is 11.8 Å². The number of nitrogens with two attached hydrogens (primary N) is 1. The molecule has 4 aromatic heterocycles. The normalized spacial score (nSPS) is 23.4. The first-order valence-corrected chi connectivity index (χ1v) is 27.8. The molecule has 406 valence electrons. The average molecular weight is 1110 g/mol. The van der Waals surface area contributed by atoms with Crippen molar-refractivity contribution in [3.8, 4) is 40.3 Å². The highest BCUT2D eigenvalue weighted by molar-refractivity contribution is 7.23. The molecule has 0 aliphatic carbocycles. The number of halogens is 4. The second-order valence-corrected chi connectivity index (χ2v) is 23.2. The fourth-order valence-electron chi connectivity index (χ4n) is 13.5. The van der Waals surface area contributed by atoms with Crippen LogP contribution in [0.3, 0.4) is 0 Å². The van der Waals surface area contributed by atoms with Gasteiger partial charge in [-0.1, -0.05) is 38.1 Å². The Morgan fingerprint density at radius 2 is 1.86 bits per heavy atom. The van der Waals surface area contributed by atoms with Crippen LogP contribution >= 0.6 is 22.9 Å². The smallest absolute Gasteiger partial charge is 0.343 e. The van der Waals surface area contributed by atoms with Crippen LogP contribution < -0.4 is 25.7 Å². The number of pyridine rings is 2. The van der Waals surface area contributed by atoms with Gasteiger partial charge in [0, 0.05) is 64.5 Å². The van der Waals surface area contributed by atoms with E-state index in [-0.39, 0.29) is 120 Å². The highest BCUT2D eigenvalue weighted by atomic mass is 35.5. The van der Waals surface area contributed by atoms with Gasteiger partial charge in [-0.05, 0) is 99.5 Å². The van der Waals surface area contributed by atoms with Gasteiger partial charge in [-0.25, -0.2) is 22.9 Å². The zero-order valence-corrected chi connectivity index (χ0v) is 45.0. The topological polar surface area (TPSA) is 202 Å². The van der Waals surface area contributed by atoms with Crippen molar-refractivity contribution in [3.63, 3.8) is 0 Å². The van der Waals surface area contributed by atoms with Crippen molar-refractivity contribution in [1.29, 1.82) is 5.26 Å². The third-order valence-corrected chi connectivity index (χ3v) is 18.8. The first-order valence-electron chi connectivity index (χ1n) is 26.6. The number of nitrogen functional groups attached to an aromatic ring is 1. The van der Waals surface area contributed by atoms with Gasteiger partial charge in [0.05, 0.1) is 61.9 Å². The molecule has 1 amide bonds. The second kappa shape index (κ2) is 18.6. The number of rotatable bonds is 11. The molecule has 2 bridgehead atoms. The maximum atomic E-state index is 17.6. The van der Waals surface area contributed by atoms with Gasteiger partial charge >= 0.3 is 12.0 Å². The third-order valence-electron chi connectivity index (χ3n) is 17.5. The van der Waals surface area contributed by atoms with Crippen LogP contribution in [0.25, 0.3) is 54.4 Å². The molecule has 6 atom stereocenters. The zero-order chi connectivity index (χ0) is 55.1. The summed E-state index contributed by atoms with van der Waals surface area (Å²) in [7, 11) is 0. The minimum atomic E-state index is -1.94. The van der Waals surface area contributed by atoms with Crippen LogP contribution in [0.4, 0.5) is 24.0 Å². The van der Waals surface area contributed by atoms with Crippen molar-refractivity contribution in [1.82, 2.24) is 29.3 Å². The molecular weight excluding hydrogens is 1060 g/mol. The van der Waals surface area contributed by atoms with E-state index in [0.29, 0.717) is 73.8 Å². The van der Waals surface area contributed by atoms with E-state index in [2.05, 4.69) is 16.5 Å². The number of hydrogen-bond acceptors (Lipinski definition) is 15. The molecule has 13 rings (SSSR count). The van der Waals surface area contributed by atoms with E-state index in [1.165, 1.54) is 12.1 Å². The van der Waals surface area contributed by atoms with E-state index < -0.39 is 41.0 Å². The molecule has 6 unspecified atom stereocenters. The summed E-state index contributed by atoms with van der Waals surface area (Å²) in [6, 6.07) is 12.6. The Bertz CT molecular complexity index is 3950. The molecule has 16 nitrogen and oxygen atoms in total. The van der Waals surface area contributed by atoms with Crippen LogP contribution in [-0.4, -0.2) is 109 Å². The number of aromatic nitrogens is 4. The van der Waals surface area contributed by atoms with Crippen molar-refractivity contribution in [2.45, 2.75) is 114 Å². The summed E-state index contributed by atoms with van der Waals surface area (Å²) >= 11 is 7.93. The molecule has 6 aliphatic heterocycles. The number of amides is 1. The summed E-state index contributed by atoms with van der Waals surface area (Å²) in [6.45, 7) is 11.5. The van der Waals surface area contributed by atoms with E-state index in [9.17, 15) is 29.1 Å². The molecule has 10 heterocycles. The maximum Gasteiger partial charge on any atom is 0.343 e. The van der Waals surface area contributed by atoms with Crippen LogP contribution in [0.2, 0.25) is 5.02 Å². The molecule has 4 fully saturated rings. The van der Waals surface area contributed by atoms with Gasteiger partial charge in [0.1, 0.15) is 59.5 Å². The monoisotopic (exact) mass is 1110 g/mol. The number of alkyl halides is 1.